The average Bonchev–Trinajstić information content (AvgIpc) is 3.13. The first-order chi connectivity index (χ1) is 12.8. The molecule has 4 rings (SSSR count). The SMILES string of the molecule is CCN(c1ccccc1)c1cncc(C(=O)N2CCc3ccccc32)c1. The molecule has 4 heteroatoms. The molecule has 0 spiro atoms. The number of anilines is 3. The summed E-state index contributed by atoms with van der Waals surface area (Å²) >= 11 is 0. The molecule has 130 valence electrons. The molecule has 0 saturated heterocycles. The average molecular weight is 343 g/mol. The Hall–Kier alpha value is -3.14. The Morgan fingerprint density at radius 2 is 1.81 bits per heavy atom. The number of para-hydroxylation sites is 2. The summed E-state index contributed by atoms with van der Waals surface area (Å²) in [6.07, 6.45) is 4.37. The normalized spacial score (nSPS) is 12.7. The van der Waals surface area contributed by atoms with Crippen molar-refractivity contribution in [2.24, 2.45) is 0 Å². The van der Waals surface area contributed by atoms with Crippen LogP contribution in [-0.2, 0) is 6.42 Å². The standard InChI is InChI=1S/C22H21N3O/c1-2-24(19-9-4-3-5-10-19)20-14-18(15-23-16-20)22(26)25-13-12-17-8-6-7-11-21(17)25/h3-11,14-16H,2,12-13H2,1H3. The number of carbonyl (C=O) groups excluding carboxylic acids is 1. The molecule has 0 N–H and O–H groups in total. The van der Waals surface area contributed by atoms with Crippen LogP contribution in [0.2, 0.25) is 0 Å². The van der Waals surface area contributed by atoms with Gasteiger partial charge in [-0.2, -0.15) is 0 Å². The van der Waals surface area contributed by atoms with Crippen molar-refractivity contribution in [2.45, 2.75) is 13.3 Å². The summed E-state index contributed by atoms with van der Waals surface area (Å²) in [5, 5.41) is 0. The number of carbonyl (C=O) groups is 1. The van der Waals surface area contributed by atoms with E-state index < -0.39 is 0 Å². The van der Waals surface area contributed by atoms with E-state index in [-0.39, 0.29) is 5.91 Å². The van der Waals surface area contributed by atoms with Crippen LogP contribution in [0.15, 0.2) is 73.1 Å². The van der Waals surface area contributed by atoms with Crippen LogP contribution in [0.3, 0.4) is 0 Å². The van der Waals surface area contributed by atoms with Crippen molar-refractivity contribution in [3.05, 3.63) is 84.2 Å². The van der Waals surface area contributed by atoms with Crippen molar-refractivity contribution in [1.82, 2.24) is 4.98 Å². The molecule has 0 bridgehead atoms. The van der Waals surface area contributed by atoms with E-state index in [9.17, 15) is 4.79 Å². The predicted molar refractivity (Wildman–Crippen MR) is 105 cm³/mol. The maximum atomic E-state index is 13.1. The lowest BCUT2D eigenvalue weighted by Crippen LogP contribution is -2.29. The maximum absolute atomic E-state index is 13.1. The zero-order valence-electron chi connectivity index (χ0n) is 14.8. The van der Waals surface area contributed by atoms with Gasteiger partial charge >= 0.3 is 0 Å². The highest BCUT2D eigenvalue weighted by Gasteiger charge is 2.25. The van der Waals surface area contributed by atoms with Crippen LogP contribution in [0.1, 0.15) is 22.8 Å². The molecule has 0 unspecified atom stereocenters. The Balaban J connectivity index is 1.65. The fourth-order valence-electron chi connectivity index (χ4n) is 3.52. The van der Waals surface area contributed by atoms with E-state index >= 15 is 0 Å². The number of benzene rings is 2. The van der Waals surface area contributed by atoms with Gasteiger partial charge in [-0.15, -0.1) is 0 Å². The monoisotopic (exact) mass is 343 g/mol. The Kier molecular flexibility index (Phi) is 4.40. The molecule has 1 aliphatic heterocycles. The van der Waals surface area contributed by atoms with Gasteiger partial charge in [-0.05, 0) is 43.2 Å². The summed E-state index contributed by atoms with van der Waals surface area (Å²) in [6, 6.07) is 20.2. The number of pyridine rings is 1. The first kappa shape index (κ1) is 16.3. The molecule has 26 heavy (non-hydrogen) atoms. The number of nitrogens with zero attached hydrogens (tertiary/aromatic N) is 3. The van der Waals surface area contributed by atoms with E-state index in [4.69, 9.17) is 0 Å². The van der Waals surface area contributed by atoms with Gasteiger partial charge < -0.3 is 9.80 Å². The highest BCUT2D eigenvalue weighted by atomic mass is 16.2. The molecule has 0 fully saturated rings. The Labute approximate surface area is 153 Å². The Morgan fingerprint density at radius 1 is 1.04 bits per heavy atom. The van der Waals surface area contributed by atoms with Gasteiger partial charge in [0, 0.05) is 30.7 Å². The second-order valence-electron chi connectivity index (χ2n) is 6.35. The lowest BCUT2D eigenvalue weighted by Gasteiger charge is -2.24. The van der Waals surface area contributed by atoms with Crippen molar-refractivity contribution in [2.75, 3.05) is 22.9 Å². The molecular weight excluding hydrogens is 322 g/mol. The smallest absolute Gasteiger partial charge is 0.259 e. The molecule has 2 aromatic carbocycles. The highest BCUT2D eigenvalue weighted by molar-refractivity contribution is 6.07. The van der Waals surface area contributed by atoms with Crippen molar-refractivity contribution < 1.29 is 4.79 Å². The van der Waals surface area contributed by atoms with E-state index in [1.807, 2.05) is 53.6 Å². The third-order valence-corrected chi connectivity index (χ3v) is 4.80. The van der Waals surface area contributed by atoms with Gasteiger partial charge in [0.05, 0.1) is 17.4 Å². The molecule has 3 aromatic rings. The fraction of sp³-hybridized carbons (Fsp3) is 0.182. The fourth-order valence-corrected chi connectivity index (χ4v) is 3.52. The van der Waals surface area contributed by atoms with Crippen molar-refractivity contribution >= 4 is 23.0 Å². The summed E-state index contributed by atoms with van der Waals surface area (Å²) in [4.78, 5) is 21.4. The van der Waals surface area contributed by atoms with Crippen LogP contribution in [-0.4, -0.2) is 24.0 Å². The molecule has 2 heterocycles. The van der Waals surface area contributed by atoms with Crippen LogP contribution < -0.4 is 9.80 Å². The number of hydrogen-bond acceptors (Lipinski definition) is 3. The number of rotatable bonds is 4. The first-order valence-corrected chi connectivity index (χ1v) is 8.95. The first-order valence-electron chi connectivity index (χ1n) is 8.95. The molecule has 1 amide bonds. The summed E-state index contributed by atoms with van der Waals surface area (Å²) < 4.78 is 0. The van der Waals surface area contributed by atoms with Crippen LogP contribution in [0, 0.1) is 0 Å². The topological polar surface area (TPSA) is 36.4 Å². The van der Waals surface area contributed by atoms with E-state index in [1.54, 1.807) is 6.20 Å². The van der Waals surface area contributed by atoms with Crippen LogP contribution in [0.5, 0.6) is 0 Å². The van der Waals surface area contributed by atoms with Crippen molar-refractivity contribution in [3.63, 3.8) is 0 Å². The maximum Gasteiger partial charge on any atom is 0.259 e. The molecule has 1 aromatic heterocycles. The van der Waals surface area contributed by atoms with Gasteiger partial charge in [-0.3, -0.25) is 9.78 Å². The second kappa shape index (κ2) is 7.00. The summed E-state index contributed by atoms with van der Waals surface area (Å²) in [7, 11) is 0. The molecule has 0 radical (unpaired) electrons. The largest absolute Gasteiger partial charge is 0.340 e. The van der Waals surface area contributed by atoms with Crippen LogP contribution in [0.4, 0.5) is 17.1 Å². The number of amides is 1. The van der Waals surface area contributed by atoms with E-state index in [0.717, 1.165) is 36.6 Å². The number of hydrogen-bond donors (Lipinski definition) is 0. The minimum Gasteiger partial charge on any atom is -0.340 e. The van der Waals surface area contributed by atoms with Gasteiger partial charge in [0.1, 0.15) is 0 Å². The van der Waals surface area contributed by atoms with Crippen molar-refractivity contribution in [3.8, 4) is 0 Å². The summed E-state index contributed by atoms with van der Waals surface area (Å²) in [6.45, 7) is 3.62. The van der Waals surface area contributed by atoms with Crippen LogP contribution >= 0.6 is 0 Å². The second-order valence-corrected chi connectivity index (χ2v) is 6.35. The summed E-state index contributed by atoms with van der Waals surface area (Å²) in [5.74, 6) is 0.00779. The Morgan fingerprint density at radius 3 is 2.62 bits per heavy atom. The molecular formula is C22H21N3O. The highest BCUT2D eigenvalue weighted by Crippen LogP contribution is 2.30. The lowest BCUT2D eigenvalue weighted by atomic mass is 10.1. The lowest BCUT2D eigenvalue weighted by molar-refractivity contribution is 0.0989. The number of aromatic nitrogens is 1. The third kappa shape index (κ3) is 2.94. The zero-order chi connectivity index (χ0) is 17.9. The Bertz CT molecular complexity index is 923. The quantitative estimate of drug-likeness (QED) is 0.702. The molecule has 4 nitrogen and oxygen atoms in total. The van der Waals surface area contributed by atoms with Gasteiger partial charge in [0.2, 0.25) is 0 Å². The van der Waals surface area contributed by atoms with Gasteiger partial charge in [0.15, 0.2) is 0 Å². The zero-order valence-corrected chi connectivity index (χ0v) is 14.8. The minimum atomic E-state index is 0.00779. The number of fused-ring (bicyclic) bond motifs is 1. The van der Waals surface area contributed by atoms with Gasteiger partial charge in [-0.1, -0.05) is 36.4 Å². The molecule has 0 atom stereocenters. The molecule has 0 aliphatic carbocycles. The van der Waals surface area contributed by atoms with Crippen molar-refractivity contribution in [1.29, 1.82) is 0 Å². The molecule has 0 saturated carbocycles. The molecule has 1 aliphatic rings. The van der Waals surface area contributed by atoms with E-state index in [2.05, 4.69) is 35.0 Å². The van der Waals surface area contributed by atoms with Crippen LogP contribution in [0.25, 0.3) is 0 Å². The summed E-state index contributed by atoms with van der Waals surface area (Å²) in [5.41, 5.74) is 4.88. The van der Waals surface area contributed by atoms with E-state index in [1.165, 1.54) is 5.56 Å². The van der Waals surface area contributed by atoms with Gasteiger partial charge in [-0.25, -0.2) is 0 Å². The van der Waals surface area contributed by atoms with E-state index in [0.29, 0.717) is 5.56 Å². The minimum absolute atomic E-state index is 0.00779. The van der Waals surface area contributed by atoms with Gasteiger partial charge in [0.25, 0.3) is 5.91 Å². The third-order valence-electron chi connectivity index (χ3n) is 4.80. The predicted octanol–water partition coefficient (Wildman–Crippen LogP) is 4.44.